The molecule has 3 aromatic rings. The van der Waals surface area contributed by atoms with Crippen molar-refractivity contribution in [2.24, 2.45) is 0 Å². The Morgan fingerprint density at radius 2 is 1.82 bits per heavy atom. The highest BCUT2D eigenvalue weighted by molar-refractivity contribution is 5.84. The number of likely N-dealkylation sites (tertiary alicyclic amines) is 1. The molecule has 0 atom stereocenters. The number of rotatable bonds is 3. The first-order valence-corrected chi connectivity index (χ1v) is 10.6. The minimum absolute atomic E-state index is 0.0743. The van der Waals surface area contributed by atoms with Crippen LogP contribution in [0.25, 0.3) is 22.2 Å². The molecular formula is C24H25F4N3O3. The van der Waals surface area contributed by atoms with E-state index >= 15 is 0 Å². The molecule has 3 heterocycles. The molecule has 0 bridgehead atoms. The van der Waals surface area contributed by atoms with Crippen molar-refractivity contribution in [3.8, 4) is 11.1 Å². The highest BCUT2D eigenvalue weighted by Gasteiger charge is 2.38. The van der Waals surface area contributed by atoms with Gasteiger partial charge < -0.3 is 14.6 Å². The van der Waals surface area contributed by atoms with Crippen molar-refractivity contribution in [3.63, 3.8) is 0 Å². The Morgan fingerprint density at radius 3 is 2.38 bits per heavy atom. The summed E-state index contributed by atoms with van der Waals surface area (Å²) in [4.78, 5) is 28.3. The minimum Gasteiger partial charge on any atom is -0.475 e. The van der Waals surface area contributed by atoms with Gasteiger partial charge in [0, 0.05) is 30.0 Å². The number of aliphatic carboxylic acids is 1. The summed E-state index contributed by atoms with van der Waals surface area (Å²) in [6.45, 7) is 7.14. The summed E-state index contributed by atoms with van der Waals surface area (Å²) < 4.78 is 47.3. The summed E-state index contributed by atoms with van der Waals surface area (Å²) in [7, 11) is 0. The smallest absolute Gasteiger partial charge is 0.475 e. The average Bonchev–Trinajstić information content (AvgIpc) is 3.31. The Bertz CT molecular complexity index is 1220. The van der Waals surface area contributed by atoms with Crippen LogP contribution in [0, 0.1) is 12.7 Å². The maximum Gasteiger partial charge on any atom is 0.490 e. The summed E-state index contributed by atoms with van der Waals surface area (Å²) in [5.74, 6) is -2.83. The van der Waals surface area contributed by atoms with E-state index in [1.165, 1.54) is 6.07 Å². The first-order chi connectivity index (χ1) is 15.8. The molecule has 1 amide bonds. The van der Waals surface area contributed by atoms with Crippen LogP contribution >= 0.6 is 0 Å². The van der Waals surface area contributed by atoms with E-state index in [9.17, 15) is 22.4 Å². The molecular weight excluding hydrogens is 454 g/mol. The summed E-state index contributed by atoms with van der Waals surface area (Å²) in [5, 5.41) is 7.12. The van der Waals surface area contributed by atoms with E-state index in [2.05, 4.69) is 18.8 Å². The van der Waals surface area contributed by atoms with Gasteiger partial charge in [-0.3, -0.25) is 9.78 Å². The van der Waals surface area contributed by atoms with Gasteiger partial charge in [-0.25, -0.2) is 9.18 Å². The molecule has 34 heavy (non-hydrogen) atoms. The number of carbonyl (C=O) groups is 2. The van der Waals surface area contributed by atoms with E-state index in [0.29, 0.717) is 12.1 Å². The van der Waals surface area contributed by atoms with E-state index in [0.717, 1.165) is 41.5 Å². The molecule has 6 nitrogen and oxygen atoms in total. The first kappa shape index (κ1) is 25.2. The number of hydrogen-bond donors (Lipinski definition) is 1. The van der Waals surface area contributed by atoms with Crippen molar-refractivity contribution in [2.45, 2.75) is 51.9 Å². The number of benzene rings is 1. The molecule has 0 radical (unpaired) electrons. The molecule has 1 saturated heterocycles. The maximum absolute atomic E-state index is 13.6. The zero-order valence-electron chi connectivity index (χ0n) is 19.0. The quantitative estimate of drug-likeness (QED) is 0.525. The number of aromatic nitrogens is 2. The Hall–Kier alpha value is -3.43. The SMILES string of the molecule is Cc1cc(-c2cnc3ccn(CC(=O)N4CCCC4(C)C)c3c2)ccc1F.O=C(O)C(F)(F)F. The second-order valence-electron chi connectivity index (χ2n) is 8.80. The highest BCUT2D eigenvalue weighted by Crippen LogP contribution is 2.29. The lowest BCUT2D eigenvalue weighted by Crippen LogP contribution is -2.44. The zero-order chi connectivity index (χ0) is 25.3. The predicted octanol–water partition coefficient (Wildman–Crippen LogP) is 5.19. The van der Waals surface area contributed by atoms with Gasteiger partial charge in [0.1, 0.15) is 12.4 Å². The van der Waals surface area contributed by atoms with Crippen LogP contribution in [0.2, 0.25) is 0 Å². The summed E-state index contributed by atoms with van der Waals surface area (Å²) in [6.07, 6.45) is 0.727. The average molecular weight is 479 g/mol. The largest absolute Gasteiger partial charge is 0.490 e. The summed E-state index contributed by atoms with van der Waals surface area (Å²) >= 11 is 0. The molecule has 0 aliphatic carbocycles. The first-order valence-electron chi connectivity index (χ1n) is 10.6. The van der Waals surface area contributed by atoms with Gasteiger partial charge in [-0.2, -0.15) is 13.2 Å². The van der Waals surface area contributed by atoms with Gasteiger partial charge in [0.2, 0.25) is 5.91 Å². The van der Waals surface area contributed by atoms with Crippen LogP contribution in [0.3, 0.4) is 0 Å². The van der Waals surface area contributed by atoms with Crippen LogP contribution in [0.1, 0.15) is 32.3 Å². The number of aryl methyl sites for hydroxylation is 1. The van der Waals surface area contributed by atoms with Crippen LogP contribution in [0.15, 0.2) is 42.7 Å². The molecule has 0 spiro atoms. The number of carboxylic acid groups (broad SMARTS) is 1. The van der Waals surface area contributed by atoms with Crippen LogP contribution in [0.5, 0.6) is 0 Å². The zero-order valence-corrected chi connectivity index (χ0v) is 19.0. The monoisotopic (exact) mass is 479 g/mol. The number of carbonyl (C=O) groups excluding carboxylic acids is 1. The van der Waals surface area contributed by atoms with Gasteiger partial charge in [-0.1, -0.05) is 6.07 Å². The number of alkyl halides is 3. The van der Waals surface area contributed by atoms with Crippen LogP contribution in [0.4, 0.5) is 17.6 Å². The van der Waals surface area contributed by atoms with Gasteiger partial charge in [0.15, 0.2) is 0 Å². The van der Waals surface area contributed by atoms with Crippen LogP contribution in [-0.4, -0.2) is 49.7 Å². The molecule has 1 aliphatic rings. The molecule has 1 N–H and O–H groups in total. The van der Waals surface area contributed by atoms with Crippen molar-refractivity contribution in [1.82, 2.24) is 14.5 Å². The van der Waals surface area contributed by atoms with E-state index in [4.69, 9.17) is 9.90 Å². The van der Waals surface area contributed by atoms with Crippen molar-refractivity contribution in [1.29, 1.82) is 0 Å². The number of nitrogens with zero attached hydrogens (tertiary/aromatic N) is 3. The molecule has 1 aromatic carbocycles. The fraction of sp³-hybridized carbons (Fsp3) is 0.375. The third-order valence-corrected chi connectivity index (χ3v) is 5.86. The van der Waals surface area contributed by atoms with Gasteiger partial charge in [0.05, 0.1) is 11.0 Å². The Balaban J connectivity index is 0.000000406. The number of pyridine rings is 1. The van der Waals surface area contributed by atoms with E-state index in [1.54, 1.807) is 19.2 Å². The number of hydrogen-bond acceptors (Lipinski definition) is 3. The lowest BCUT2D eigenvalue weighted by atomic mass is 10.0. The Labute approximate surface area is 193 Å². The van der Waals surface area contributed by atoms with Gasteiger partial charge in [-0.15, -0.1) is 0 Å². The topological polar surface area (TPSA) is 75.4 Å². The standard InChI is InChI=1S/C22H24FN3O.C2HF3O2/c1-15-11-16(5-6-18(15)23)17-12-20-19(24-13-17)7-10-25(20)14-21(27)26-9-4-8-22(26,2)3;3-2(4,5)1(6)7/h5-7,10-13H,4,8-9,14H2,1-3H3;(H,6,7). The Kier molecular flexibility index (Phi) is 6.99. The van der Waals surface area contributed by atoms with E-state index < -0.39 is 12.1 Å². The lowest BCUT2D eigenvalue weighted by Gasteiger charge is -2.31. The van der Waals surface area contributed by atoms with Crippen molar-refractivity contribution < 1.29 is 32.3 Å². The summed E-state index contributed by atoms with van der Waals surface area (Å²) in [6, 6.07) is 9.02. The highest BCUT2D eigenvalue weighted by atomic mass is 19.4. The predicted molar refractivity (Wildman–Crippen MR) is 119 cm³/mol. The minimum atomic E-state index is -5.08. The fourth-order valence-electron chi connectivity index (χ4n) is 3.98. The molecule has 10 heteroatoms. The molecule has 182 valence electrons. The molecule has 0 saturated carbocycles. The number of halogens is 4. The molecule has 2 aromatic heterocycles. The van der Waals surface area contributed by atoms with Crippen LogP contribution in [-0.2, 0) is 16.1 Å². The van der Waals surface area contributed by atoms with Crippen molar-refractivity contribution in [2.75, 3.05) is 6.54 Å². The number of amides is 1. The normalized spacial score (nSPS) is 15.2. The third-order valence-electron chi connectivity index (χ3n) is 5.86. The molecule has 4 rings (SSSR count). The van der Waals surface area contributed by atoms with Gasteiger partial charge in [-0.05, 0) is 69.0 Å². The molecule has 1 fully saturated rings. The second kappa shape index (κ2) is 9.44. The van der Waals surface area contributed by atoms with Gasteiger partial charge >= 0.3 is 12.1 Å². The van der Waals surface area contributed by atoms with Crippen molar-refractivity contribution >= 4 is 22.9 Å². The number of carboxylic acids is 1. The maximum atomic E-state index is 13.6. The Morgan fingerprint density at radius 1 is 1.15 bits per heavy atom. The molecule has 0 unspecified atom stereocenters. The lowest BCUT2D eigenvalue weighted by molar-refractivity contribution is -0.192. The van der Waals surface area contributed by atoms with Crippen molar-refractivity contribution in [3.05, 3.63) is 54.1 Å². The third kappa shape index (κ3) is 5.55. The van der Waals surface area contributed by atoms with E-state index in [-0.39, 0.29) is 17.3 Å². The van der Waals surface area contributed by atoms with Gasteiger partial charge in [0.25, 0.3) is 0 Å². The fourth-order valence-corrected chi connectivity index (χ4v) is 3.98. The summed E-state index contributed by atoms with van der Waals surface area (Å²) in [5.41, 5.74) is 4.14. The molecule has 1 aliphatic heterocycles. The second-order valence-corrected chi connectivity index (χ2v) is 8.80. The van der Waals surface area contributed by atoms with Crippen LogP contribution < -0.4 is 0 Å². The number of fused-ring (bicyclic) bond motifs is 1. The van der Waals surface area contributed by atoms with E-state index in [1.807, 2.05) is 33.9 Å².